The quantitative estimate of drug-likeness (QED) is 0.0949. The van der Waals surface area contributed by atoms with Gasteiger partial charge in [0, 0.05) is 23.0 Å². The molecule has 0 radical (unpaired) electrons. The van der Waals surface area contributed by atoms with Gasteiger partial charge in [-0.1, -0.05) is 161 Å². The van der Waals surface area contributed by atoms with Gasteiger partial charge in [-0.15, -0.1) is 0 Å². The molecular formula is C55H70. The van der Waals surface area contributed by atoms with Gasteiger partial charge in [0.1, 0.15) is 0 Å². The molecule has 0 N–H and O–H groups in total. The molecule has 4 aromatic carbocycles. The van der Waals surface area contributed by atoms with Crippen molar-refractivity contribution in [1.29, 1.82) is 0 Å². The van der Waals surface area contributed by atoms with E-state index in [0.717, 1.165) is 18.3 Å². The first-order chi connectivity index (χ1) is 27.0. The highest BCUT2D eigenvalue weighted by Crippen LogP contribution is 2.37. The Hall–Kier alpha value is -4.00. The number of unbranched alkanes of at least 4 members (excludes halogenated alkanes) is 6. The maximum absolute atomic E-state index is 3.56. The number of rotatable bonds is 13. The summed E-state index contributed by atoms with van der Waals surface area (Å²) in [4.78, 5) is 0. The van der Waals surface area contributed by atoms with Crippen LogP contribution in [0.5, 0.6) is 0 Å². The zero-order valence-corrected chi connectivity index (χ0v) is 35.0. The molecule has 2 aliphatic carbocycles. The summed E-state index contributed by atoms with van der Waals surface area (Å²) in [6.07, 6.45) is 24.2. The van der Waals surface area contributed by atoms with Crippen molar-refractivity contribution >= 4 is 0 Å². The van der Waals surface area contributed by atoms with E-state index in [2.05, 4.69) is 148 Å². The van der Waals surface area contributed by atoms with Crippen molar-refractivity contribution in [3.8, 4) is 23.7 Å². The molecule has 0 unspecified atom stereocenters. The van der Waals surface area contributed by atoms with E-state index in [1.165, 1.54) is 160 Å². The van der Waals surface area contributed by atoms with E-state index in [0.29, 0.717) is 11.8 Å². The van der Waals surface area contributed by atoms with Crippen molar-refractivity contribution in [2.75, 3.05) is 0 Å². The molecule has 0 bridgehead atoms. The minimum absolute atomic E-state index is 0.569. The second-order valence-corrected chi connectivity index (χ2v) is 16.7. The monoisotopic (exact) mass is 731 g/mol. The van der Waals surface area contributed by atoms with Crippen molar-refractivity contribution < 1.29 is 0 Å². The highest BCUT2D eigenvalue weighted by atomic mass is 14.3. The predicted octanol–water partition coefficient (Wildman–Crippen LogP) is 15.1. The third-order valence-electron chi connectivity index (χ3n) is 12.2. The Labute approximate surface area is 337 Å². The van der Waals surface area contributed by atoms with Crippen LogP contribution in [-0.2, 0) is 19.3 Å². The lowest BCUT2D eigenvalue weighted by molar-refractivity contribution is 0.384. The average molecular weight is 731 g/mol. The average Bonchev–Trinajstić information content (AvgIpc) is 3.24. The van der Waals surface area contributed by atoms with Crippen LogP contribution in [0.2, 0.25) is 0 Å². The lowest BCUT2D eigenvalue weighted by Crippen LogP contribution is -2.12. The Morgan fingerprint density at radius 2 is 0.800 bits per heavy atom. The molecule has 2 fully saturated rings. The van der Waals surface area contributed by atoms with Gasteiger partial charge in [0.05, 0.1) is 0 Å². The van der Waals surface area contributed by atoms with Crippen molar-refractivity contribution in [1.82, 2.24) is 0 Å². The maximum atomic E-state index is 3.56. The summed E-state index contributed by atoms with van der Waals surface area (Å²) in [7, 11) is 0. The third-order valence-corrected chi connectivity index (χ3v) is 12.2. The molecule has 0 atom stereocenters. The fourth-order valence-electron chi connectivity index (χ4n) is 8.40. The van der Waals surface area contributed by atoms with Crippen molar-refractivity contribution in [3.63, 3.8) is 0 Å². The zero-order valence-electron chi connectivity index (χ0n) is 35.0. The summed E-state index contributed by atoms with van der Waals surface area (Å²) in [5.74, 6) is 16.6. The van der Waals surface area contributed by atoms with Gasteiger partial charge in [0.2, 0.25) is 0 Å². The summed E-state index contributed by atoms with van der Waals surface area (Å²) >= 11 is 0. The van der Waals surface area contributed by atoms with Crippen LogP contribution in [0.4, 0.5) is 0 Å². The van der Waals surface area contributed by atoms with Crippen LogP contribution >= 0.6 is 0 Å². The lowest BCUT2D eigenvalue weighted by Gasteiger charge is -2.26. The van der Waals surface area contributed by atoms with Gasteiger partial charge < -0.3 is 0 Å². The van der Waals surface area contributed by atoms with E-state index in [-0.39, 0.29) is 0 Å². The molecule has 2 saturated carbocycles. The van der Waals surface area contributed by atoms with E-state index in [4.69, 9.17) is 0 Å². The molecule has 0 aliphatic heterocycles. The molecule has 0 nitrogen and oxygen atoms in total. The Morgan fingerprint density at radius 3 is 1.18 bits per heavy atom. The van der Waals surface area contributed by atoms with Crippen molar-refractivity contribution in [2.24, 2.45) is 11.8 Å². The molecule has 290 valence electrons. The first kappa shape index (κ1) is 42.1. The number of benzene rings is 4. The number of hydrogen-bond donors (Lipinski definition) is 0. The van der Waals surface area contributed by atoms with Gasteiger partial charge in [-0.2, -0.15) is 0 Å². The summed E-state index contributed by atoms with van der Waals surface area (Å²) in [5.41, 5.74) is 11.1. The highest BCUT2D eigenvalue weighted by molar-refractivity contribution is 5.38. The Kier molecular flexibility index (Phi) is 18.3. The summed E-state index contributed by atoms with van der Waals surface area (Å²) < 4.78 is 0. The summed E-state index contributed by atoms with van der Waals surface area (Å²) in [5, 5.41) is 0. The molecule has 0 spiro atoms. The highest BCUT2D eigenvalue weighted by Gasteiger charge is 2.22. The number of hydrogen-bond acceptors (Lipinski definition) is 0. The molecule has 0 aromatic heterocycles. The van der Waals surface area contributed by atoms with Crippen molar-refractivity contribution in [2.45, 2.75) is 162 Å². The molecule has 0 heterocycles. The minimum atomic E-state index is 0.569. The number of aryl methyl sites for hydroxylation is 4. The van der Waals surface area contributed by atoms with Crippen LogP contribution in [-0.4, -0.2) is 0 Å². The molecule has 55 heavy (non-hydrogen) atoms. The van der Waals surface area contributed by atoms with E-state index >= 15 is 0 Å². The van der Waals surface area contributed by atoms with E-state index in [9.17, 15) is 0 Å². The van der Waals surface area contributed by atoms with Gasteiger partial charge in [-0.25, -0.2) is 0 Å². The van der Waals surface area contributed by atoms with Crippen molar-refractivity contribution in [3.05, 3.63) is 142 Å². The zero-order chi connectivity index (χ0) is 38.5. The van der Waals surface area contributed by atoms with Gasteiger partial charge >= 0.3 is 0 Å². The van der Waals surface area contributed by atoms with Gasteiger partial charge in [0.25, 0.3) is 0 Å². The van der Waals surface area contributed by atoms with E-state index < -0.39 is 0 Å². The van der Waals surface area contributed by atoms with Gasteiger partial charge in [0.15, 0.2) is 0 Å². The van der Waals surface area contributed by atoms with Crippen LogP contribution in [0.25, 0.3) is 0 Å². The smallest absolute Gasteiger partial charge is 0.0245 e. The third kappa shape index (κ3) is 14.9. The van der Waals surface area contributed by atoms with Crippen LogP contribution in [0, 0.1) is 42.4 Å². The Morgan fingerprint density at radius 1 is 0.418 bits per heavy atom. The fourth-order valence-corrected chi connectivity index (χ4v) is 8.40. The fraction of sp³-hybridized carbons (Fsp3) is 0.491. The van der Waals surface area contributed by atoms with Crippen LogP contribution in [0.3, 0.4) is 0 Å². The minimum Gasteiger partial charge on any atom is -0.0945 e. The molecule has 2 aliphatic rings. The molecule has 0 saturated heterocycles. The first-order valence-corrected chi connectivity index (χ1v) is 22.4. The topological polar surface area (TPSA) is 0 Å². The van der Waals surface area contributed by atoms with Gasteiger partial charge in [-0.05, 0) is 154 Å². The van der Waals surface area contributed by atoms with E-state index in [1.54, 1.807) is 0 Å². The standard InChI is InChI=1S/C28H36.C27H34/c1-3-5-6-7-8-24-9-11-25(12-10-24)13-14-26-17-21-28(22-18-26)27-19-15-23(4-2)16-20-27;1-3-4-5-6-7-23-10-12-24(13-11-23)14-15-25-16-20-27(21-17-25)26-18-8-22(2)9-19-26/h9-12,15-16,19-20,26,28H,3-8,17-18,21-22H2,1-2H3;8-13,18-19,25,27H,3-7,16-17,20-21H2,1-2H3. The first-order valence-electron chi connectivity index (χ1n) is 22.4. The second kappa shape index (κ2) is 23.8. The Bertz CT molecular complexity index is 1750. The maximum Gasteiger partial charge on any atom is 0.0245 e. The van der Waals surface area contributed by atoms with E-state index in [1.807, 2.05) is 0 Å². The van der Waals surface area contributed by atoms with Crippen LogP contribution in [0.1, 0.15) is 180 Å². The summed E-state index contributed by atoms with van der Waals surface area (Å²) in [6.45, 7) is 8.92. The lowest BCUT2D eigenvalue weighted by atomic mass is 9.79. The summed E-state index contributed by atoms with van der Waals surface area (Å²) in [6, 6.07) is 36.3. The predicted molar refractivity (Wildman–Crippen MR) is 239 cm³/mol. The normalized spacial score (nSPS) is 19.2. The Balaban J connectivity index is 0.000000211. The molecule has 0 heteroatoms. The molecular weight excluding hydrogens is 661 g/mol. The SMILES string of the molecule is CCCCCCc1ccc(C#CC2CCC(c3ccc(C)cc3)CC2)cc1.CCCCCCc1ccc(C#CC2CCC(c3ccc(CC)cc3)CC2)cc1. The molecule has 4 aromatic rings. The van der Waals surface area contributed by atoms with Crippen LogP contribution in [0.15, 0.2) is 97.1 Å². The van der Waals surface area contributed by atoms with Crippen LogP contribution < -0.4 is 0 Å². The molecule has 6 rings (SSSR count). The second-order valence-electron chi connectivity index (χ2n) is 16.7. The largest absolute Gasteiger partial charge is 0.0945 e. The molecule has 0 amide bonds. The van der Waals surface area contributed by atoms with Gasteiger partial charge in [-0.3, -0.25) is 0 Å².